The molecule has 2 aromatic rings. The zero-order valence-electron chi connectivity index (χ0n) is 24.0. The van der Waals surface area contributed by atoms with Gasteiger partial charge in [0.05, 0.1) is 28.2 Å². The van der Waals surface area contributed by atoms with Crippen LogP contribution in [0, 0.1) is 0 Å². The third kappa shape index (κ3) is 8.45. The van der Waals surface area contributed by atoms with Gasteiger partial charge in [0.25, 0.3) is 0 Å². The number of likely N-dealkylation sites (N-methyl/N-ethyl adjacent to an activating group) is 1. The van der Waals surface area contributed by atoms with Crippen LogP contribution >= 0.6 is 0 Å². The van der Waals surface area contributed by atoms with Crippen molar-refractivity contribution in [1.82, 2.24) is 0 Å². The second-order valence-corrected chi connectivity index (χ2v) is 11.2. The van der Waals surface area contributed by atoms with E-state index in [0.717, 1.165) is 36.4 Å². The fraction of sp³-hybridized carbons (Fsp3) is 0.400. The summed E-state index contributed by atoms with van der Waals surface area (Å²) in [4.78, 5) is 22.6. The van der Waals surface area contributed by atoms with E-state index in [9.17, 15) is 35.9 Å². The number of halogens is 6. The second kappa shape index (κ2) is 13.1. The average molecular weight is 603 g/mol. The van der Waals surface area contributed by atoms with E-state index in [1.54, 1.807) is 28.2 Å². The first-order valence-electron chi connectivity index (χ1n) is 12.8. The van der Waals surface area contributed by atoms with E-state index < -0.39 is 40.8 Å². The van der Waals surface area contributed by atoms with Gasteiger partial charge in [0.1, 0.15) is 26.2 Å². The Morgan fingerprint density at radius 1 is 0.690 bits per heavy atom. The molecule has 6 nitrogen and oxygen atoms in total. The summed E-state index contributed by atoms with van der Waals surface area (Å²) < 4.78 is 97.9. The van der Waals surface area contributed by atoms with Crippen LogP contribution in [0.3, 0.4) is 0 Å². The predicted molar refractivity (Wildman–Crippen MR) is 145 cm³/mol. The van der Waals surface area contributed by atoms with E-state index in [2.05, 4.69) is 13.2 Å². The predicted octanol–water partition coefficient (Wildman–Crippen LogP) is 5.67. The topological polar surface area (TPSA) is 52.6 Å². The van der Waals surface area contributed by atoms with Crippen LogP contribution in [-0.4, -0.2) is 81.3 Å². The van der Waals surface area contributed by atoms with Gasteiger partial charge in [-0.25, -0.2) is 9.59 Å². The van der Waals surface area contributed by atoms with Crippen molar-refractivity contribution in [3.63, 3.8) is 0 Å². The number of carbonyl (C=O) groups is 2. The highest BCUT2D eigenvalue weighted by Crippen LogP contribution is 2.56. The molecule has 230 valence electrons. The van der Waals surface area contributed by atoms with Gasteiger partial charge in [0.2, 0.25) is 12.1 Å². The van der Waals surface area contributed by atoms with Gasteiger partial charge in [-0.3, -0.25) is 4.48 Å². The van der Waals surface area contributed by atoms with Gasteiger partial charge >= 0.3 is 24.3 Å². The van der Waals surface area contributed by atoms with E-state index >= 15 is 0 Å². The van der Waals surface area contributed by atoms with Crippen LogP contribution < -0.4 is 0 Å². The normalized spacial score (nSPS) is 12.9. The van der Waals surface area contributed by atoms with Crippen LogP contribution in [0.25, 0.3) is 0 Å². The standard InChI is InChI=1S/C30H36F6N2O4/c1-7-26(39)41-18-17-37(3,4)19-22-9-13-24(14-10-22)28(29(31,32)33,30(34,35)36)25-15-11-23(12-16-25)20-38(5,6)21-42-27(40)8-2/h7-16H,1-2,17-21H2,3-6H3/q+2. The van der Waals surface area contributed by atoms with Crippen LogP contribution in [-0.2, 0) is 37.6 Å². The number of alkyl halides is 6. The molecular formula is C30H36F6N2O4+2. The summed E-state index contributed by atoms with van der Waals surface area (Å²) in [6, 6.07) is 8.31. The molecule has 0 saturated heterocycles. The molecule has 0 atom stereocenters. The highest BCUT2D eigenvalue weighted by atomic mass is 19.4. The molecule has 2 rings (SSSR count). The van der Waals surface area contributed by atoms with Crippen molar-refractivity contribution in [2.24, 2.45) is 0 Å². The maximum absolute atomic E-state index is 14.6. The van der Waals surface area contributed by atoms with Gasteiger partial charge in [-0.1, -0.05) is 61.7 Å². The summed E-state index contributed by atoms with van der Waals surface area (Å²) in [6.45, 7) is 7.38. The lowest BCUT2D eigenvalue weighted by Crippen LogP contribution is -2.54. The Labute approximate surface area is 241 Å². The lowest BCUT2D eigenvalue weighted by atomic mass is 9.72. The average Bonchev–Trinajstić information content (AvgIpc) is 2.87. The van der Waals surface area contributed by atoms with Crippen molar-refractivity contribution in [2.75, 3.05) is 48.1 Å². The van der Waals surface area contributed by atoms with Gasteiger partial charge in [-0.05, 0) is 11.1 Å². The van der Waals surface area contributed by atoms with E-state index in [1.165, 1.54) is 24.3 Å². The number of esters is 2. The van der Waals surface area contributed by atoms with Crippen LogP contribution in [0.2, 0.25) is 0 Å². The maximum atomic E-state index is 14.6. The third-order valence-electron chi connectivity index (χ3n) is 6.68. The smallest absolute Gasteiger partial charge is 0.411 e. The monoisotopic (exact) mass is 602 g/mol. The van der Waals surface area contributed by atoms with E-state index in [1.807, 2.05) is 0 Å². The van der Waals surface area contributed by atoms with E-state index in [-0.39, 0.29) is 35.4 Å². The molecule has 42 heavy (non-hydrogen) atoms. The van der Waals surface area contributed by atoms with Gasteiger partial charge in [-0.2, -0.15) is 26.3 Å². The number of carbonyl (C=O) groups excluding carboxylic acids is 2. The van der Waals surface area contributed by atoms with Gasteiger partial charge < -0.3 is 14.0 Å². The molecule has 0 radical (unpaired) electrons. The van der Waals surface area contributed by atoms with Crippen molar-refractivity contribution in [2.45, 2.75) is 30.9 Å². The number of benzene rings is 2. The Balaban J connectivity index is 2.41. The summed E-state index contributed by atoms with van der Waals surface area (Å²) in [5.41, 5.74) is -5.25. The third-order valence-corrected chi connectivity index (χ3v) is 6.68. The number of quaternary nitrogens is 2. The lowest BCUT2D eigenvalue weighted by molar-refractivity contribution is -0.920. The molecule has 0 fully saturated rings. The zero-order chi connectivity index (χ0) is 32.0. The summed E-state index contributed by atoms with van der Waals surface area (Å²) in [5, 5.41) is 0. The SMILES string of the molecule is C=CC(=O)OCC[N+](C)(C)Cc1ccc(C(c2ccc(C[N+](C)(C)COC(=O)C=C)cc2)(C(F)(F)F)C(F)(F)F)cc1. The zero-order valence-corrected chi connectivity index (χ0v) is 24.0. The van der Waals surface area contributed by atoms with Crippen molar-refractivity contribution in [1.29, 1.82) is 0 Å². The molecule has 0 aliphatic heterocycles. The lowest BCUT2D eigenvalue weighted by Gasteiger charge is -2.38. The van der Waals surface area contributed by atoms with Crippen LogP contribution in [0.15, 0.2) is 73.8 Å². The quantitative estimate of drug-likeness (QED) is 0.0976. The van der Waals surface area contributed by atoms with Gasteiger partial charge in [0, 0.05) is 23.3 Å². The minimum atomic E-state index is -5.72. The highest BCUT2D eigenvalue weighted by molar-refractivity contribution is 5.81. The Morgan fingerprint density at radius 2 is 1.07 bits per heavy atom. The molecule has 0 N–H and O–H groups in total. The van der Waals surface area contributed by atoms with Crippen LogP contribution in [0.4, 0.5) is 26.3 Å². The minimum Gasteiger partial charge on any atom is -0.457 e. The second-order valence-electron chi connectivity index (χ2n) is 11.2. The highest BCUT2D eigenvalue weighted by Gasteiger charge is 2.72. The molecule has 0 saturated carbocycles. The molecule has 0 bridgehead atoms. The summed E-state index contributed by atoms with van der Waals surface area (Å²) in [7, 11) is 6.96. The molecule has 0 amide bonds. The molecule has 0 heterocycles. The Hall–Kier alpha value is -3.64. The molecule has 0 aliphatic carbocycles. The van der Waals surface area contributed by atoms with Gasteiger partial charge in [0.15, 0.2) is 0 Å². The van der Waals surface area contributed by atoms with E-state index in [4.69, 9.17) is 9.47 Å². The Morgan fingerprint density at radius 3 is 1.45 bits per heavy atom. The molecule has 0 aliphatic rings. The maximum Gasteiger partial charge on any atom is 0.411 e. The largest absolute Gasteiger partial charge is 0.457 e. The molecule has 0 unspecified atom stereocenters. The number of hydrogen-bond donors (Lipinski definition) is 0. The van der Waals surface area contributed by atoms with E-state index in [0.29, 0.717) is 17.7 Å². The number of rotatable bonds is 13. The van der Waals surface area contributed by atoms with Gasteiger partial charge in [-0.15, -0.1) is 0 Å². The number of hydrogen-bond acceptors (Lipinski definition) is 4. The fourth-order valence-corrected chi connectivity index (χ4v) is 4.57. The molecule has 0 aromatic heterocycles. The first-order chi connectivity index (χ1) is 19.3. The summed E-state index contributed by atoms with van der Waals surface area (Å²) in [6.07, 6.45) is -9.43. The Bertz CT molecular complexity index is 1240. The van der Waals surface area contributed by atoms with Crippen molar-refractivity contribution >= 4 is 11.9 Å². The minimum absolute atomic E-state index is 0.0627. The molecule has 12 heteroatoms. The molecule has 0 spiro atoms. The van der Waals surface area contributed by atoms with Crippen LogP contribution in [0.1, 0.15) is 22.3 Å². The molecule has 2 aromatic carbocycles. The Kier molecular flexibility index (Phi) is 10.8. The summed E-state index contributed by atoms with van der Waals surface area (Å²) >= 11 is 0. The fourth-order valence-electron chi connectivity index (χ4n) is 4.57. The van der Waals surface area contributed by atoms with Crippen molar-refractivity contribution in [3.05, 3.63) is 96.1 Å². The molecular weight excluding hydrogens is 566 g/mol. The first-order valence-corrected chi connectivity index (χ1v) is 12.8. The summed E-state index contributed by atoms with van der Waals surface area (Å²) in [5.74, 6) is -1.25. The first kappa shape index (κ1) is 34.6. The number of ether oxygens (including phenoxy) is 2. The van der Waals surface area contributed by atoms with Crippen molar-refractivity contribution in [3.8, 4) is 0 Å². The van der Waals surface area contributed by atoms with Crippen LogP contribution in [0.5, 0.6) is 0 Å². The number of nitrogens with zero attached hydrogens (tertiary/aromatic N) is 2. The van der Waals surface area contributed by atoms with Crippen molar-refractivity contribution < 1.29 is 54.4 Å².